The molecule has 3 rings (SSSR count). The van der Waals surface area contributed by atoms with E-state index in [-0.39, 0.29) is 18.3 Å². The summed E-state index contributed by atoms with van der Waals surface area (Å²) in [6.45, 7) is 9.03. The molecule has 0 radical (unpaired) electrons. The fourth-order valence-corrected chi connectivity index (χ4v) is 2.96. The van der Waals surface area contributed by atoms with E-state index in [1.54, 1.807) is 0 Å². The third-order valence-electron chi connectivity index (χ3n) is 3.90. The number of para-hydroxylation sites is 1. The maximum absolute atomic E-state index is 11.1. The van der Waals surface area contributed by atoms with Crippen molar-refractivity contribution in [3.05, 3.63) is 36.0 Å². The van der Waals surface area contributed by atoms with Crippen molar-refractivity contribution in [1.82, 2.24) is 4.57 Å². The van der Waals surface area contributed by atoms with Gasteiger partial charge in [0.1, 0.15) is 12.3 Å². The summed E-state index contributed by atoms with van der Waals surface area (Å²) in [5, 5.41) is 1.15. The summed E-state index contributed by atoms with van der Waals surface area (Å²) in [7, 11) is 0. The summed E-state index contributed by atoms with van der Waals surface area (Å²) in [5.74, 6) is 0.598. The Labute approximate surface area is 150 Å². The number of ether oxygens (including phenoxy) is 2. The summed E-state index contributed by atoms with van der Waals surface area (Å²) in [6, 6.07) is 8.15. The highest BCUT2D eigenvalue weighted by molar-refractivity contribution is 5.84. The van der Waals surface area contributed by atoms with Gasteiger partial charge in [-0.05, 0) is 17.5 Å². The Morgan fingerprint density at radius 1 is 1.36 bits per heavy atom. The molecule has 1 aromatic carbocycles. The van der Waals surface area contributed by atoms with Crippen molar-refractivity contribution in [2.75, 3.05) is 6.61 Å². The van der Waals surface area contributed by atoms with Crippen LogP contribution in [-0.2, 0) is 20.8 Å². The third kappa shape index (κ3) is 5.31. The van der Waals surface area contributed by atoms with Gasteiger partial charge >= 0.3 is 5.97 Å². The zero-order valence-corrected chi connectivity index (χ0v) is 15.7. The molecule has 0 bridgehead atoms. The topological polar surface area (TPSA) is 66.5 Å². The average molecular weight is 346 g/mol. The lowest BCUT2D eigenvalue weighted by Gasteiger charge is -2.30. The molecule has 0 aliphatic carbocycles. The lowest BCUT2D eigenvalue weighted by molar-refractivity contribution is -0.156. The quantitative estimate of drug-likeness (QED) is 0.853. The number of aromatic nitrogens is 1. The Bertz CT molecular complexity index is 691. The van der Waals surface area contributed by atoms with Gasteiger partial charge in [0.25, 0.3) is 0 Å². The van der Waals surface area contributed by atoms with E-state index in [2.05, 4.69) is 37.5 Å². The highest BCUT2D eigenvalue weighted by atomic mass is 16.6. The van der Waals surface area contributed by atoms with Gasteiger partial charge in [-0.2, -0.15) is 0 Å². The average Bonchev–Trinajstić information content (AvgIpc) is 2.93. The number of carbonyl (C=O) groups is 1. The number of benzene rings is 1. The Kier molecular flexibility index (Phi) is 7.02. The van der Waals surface area contributed by atoms with Crippen LogP contribution in [0.25, 0.3) is 10.9 Å². The zero-order valence-electron chi connectivity index (χ0n) is 15.7. The number of esters is 1. The summed E-state index contributed by atoms with van der Waals surface area (Å²) in [4.78, 5) is 11.1. The SMILES string of the molecule is CC(=O)OC1CCOC(n2cc(CN)c3ccccc32)C1.CC(C)C. The number of fused-ring (bicyclic) bond motifs is 1. The third-order valence-corrected chi connectivity index (χ3v) is 3.90. The van der Waals surface area contributed by atoms with Gasteiger partial charge in [-0.15, -0.1) is 0 Å². The standard InChI is InChI=1S/C16H20N2O3.C4H10/c1-11(19)21-13-6-7-20-16(8-13)18-10-12(9-17)14-4-2-3-5-15(14)18;1-4(2)3/h2-5,10,13,16H,6-9,17H2,1H3;4H,1-3H3. The molecule has 138 valence electrons. The van der Waals surface area contributed by atoms with E-state index in [1.165, 1.54) is 6.92 Å². The second kappa shape index (κ2) is 9.02. The van der Waals surface area contributed by atoms with Gasteiger partial charge in [0.2, 0.25) is 0 Å². The van der Waals surface area contributed by atoms with Crippen LogP contribution >= 0.6 is 0 Å². The van der Waals surface area contributed by atoms with Crippen LogP contribution in [0.3, 0.4) is 0 Å². The minimum atomic E-state index is -0.235. The minimum Gasteiger partial charge on any atom is -0.462 e. The number of nitrogens with zero attached hydrogens (tertiary/aromatic N) is 1. The number of hydrogen-bond donors (Lipinski definition) is 1. The van der Waals surface area contributed by atoms with Gasteiger partial charge < -0.3 is 19.8 Å². The monoisotopic (exact) mass is 346 g/mol. The molecule has 1 fully saturated rings. The fraction of sp³-hybridized carbons (Fsp3) is 0.550. The van der Waals surface area contributed by atoms with Crippen molar-refractivity contribution >= 4 is 16.9 Å². The smallest absolute Gasteiger partial charge is 0.302 e. The molecule has 1 aliphatic rings. The lowest BCUT2D eigenvalue weighted by Crippen LogP contribution is -2.30. The second-order valence-electron chi connectivity index (χ2n) is 7.10. The molecule has 0 spiro atoms. The van der Waals surface area contributed by atoms with Gasteiger partial charge in [-0.3, -0.25) is 4.79 Å². The van der Waals surface area contributed by atoms with E-state index in [0.29, 0.717) is 19.6 Å². The minimum absolute atomic E-state index is 0.0799. The van der Waals surface area contributed by atoms with Crippen molar-refractivity contribution in [3.8, 4) is 0 Å². The molecule has 2 atom stereocenters. The zero-order chi connectivity index (χ0) is 18.4. The summed E-state index contributed by atoms with van der Waals surface area (Å²) in [5.41, 5.74) is 8.03. The van der Waals surface area contributed by atoms with Crippen LogP contribution in [0.2, 0.25) is 0 Å². The molecule has 2 aromatic rings. The van der Waals surface area contributed by atoms with Crippen LogP contribution < -0.4 is 5.73 Å². The van der Waals surface area contributed by atoms with Gasteiger partial charge in [-0.25, -0.2) is 0 Å². The molecule has 2 unspecified atom stereocenters. The molecule has 0 amide bonds. The van der Waals surface area contributed by atoms with Crippen LogP contribution in [0.4, 0.5) is 0 Å². The summed E-state index contributed by atoms with van der Waals surface area (Å²) in [6.07, 6.45) is 3.27. The maximum atomic E-state index is 11.1. The van der Waals surface area contributed by atoms with Crippen molar-refractivity contribution in [2.45, 2.75) is 59.4 Å². The van der Waals surface area contributed by atoms with Crippen LogP contribution in [0.15, 0.2) is 30.5 Å². The van der Waals surface area contributed by atoms with Crippen molar-refractivity contribution < 1.29 is 14.3 Å². The molecule has 2 N–H and O–H groups in total. The van der Waals surface area contributed by atoms with Crippen molar-refractivity contribution in [2.24, 2.45) is 11.7 Å². The largest absolute Gasteiger partial charge is 0.462 e. The molecular weight excluding hydrogens is 316 g/mol. The Hall–Kier alpha value is -1.85. The number of nitrogens with two attached hydrogens (primary N) is 1. The normalized spacial score (nSPS) is 20.2. The van der Waals surface area contributed by atoms with Crippen LogP contribution in [-0.4, -0.2) is 23.2 Å². The highest BCUT2D eigenvalue weighted by Crippen LogP contribution is 2.31. The van der Waals surface area contributed by atoms with E-state index < -0.39 is 0 Å². The van der Waals surface area contributed by atoms with Crippen LogP contribution in [0.1, 0.15) is 52.3 Å². The van der Waals surface area contributed by atoms with E-state index in [9.17, 15) is 4.79 Å². The number of carbonyl (C=O) groups excluding carboxylic acids is 1. The molecule has 5 nitrogen and oxygen atoms in total. The van der Waals surface area contributed by atoms with E-state index in [4.69, 9.17) is 15.2 Å². The first-order chi connectivity index (χ1) is 11.9. The second-order valence-corrected chi connectivity index (χ2v) is 7.10. The van der Waals surface area contributed by atoms with E-state index >= 15 is 0 Å². The van der Waals surface area contributed by atoms with Crippen LogP contribution in [0.5, 0.6) is 0 Å². The van der Waals surface area contributed by atoms with E-state index in [0.717, 1.165) is 28.8 Å². The van der Waals surface area contributed by atoms with Crippen LogP contribution in [0, 0.1) is 5.92 Å². The van der Waals surface area contributed by atoms with Crippen molar-refractivity contribution in [1.29, 1.82) is 0 Å². The Morgan fingerprint density at radius 2 is 2.04 bits per heavy atom. The summed E-state index contributed by atoms with van der Waals surface area (Å²) < 4.78 is 13.3. The molecule has 5 heteroatoms. The fourth-order valence-electron chi connectivity index (χ4n) is 2.96. The molecule has 0 saturated carbocycles. The molecule has 2 heterocycles. The van der Waals surface area contributed by atoms with E-state index in [1.807, 2.05) is 18.3 Å². The molecule has 1 aromatic heterocycles. The first-order valence-corrected chi connectivity index (χ1v) is 8.99. The number of rotatable bonds is 3. The maximum Gasteiger partial charge on any atom is 0.302 e. The first-order valence-electron chi connectivity index (χ1n) is 8.99. The predicted molar refractivity (Wildman–Crippen MR) is 100 cm³/mol. The Morgan fingerprint density at radius 3 is 2.68 bits per heavy atom. The van der Waals surface area contributed by atoms with Gasteiger partial charge in [0.05, 0.1) is 12.1 Å². The lowest BCUT2D eigenvalue weighted by atomic mass is 10.1. The molecule has 1 aliphatic heterocycles. The molecular formula is C20H30N2O3. The van der Waals surface area contributed by atoms with Gasteiger partial charge in [0, 0.05) is 37.9 Å². The first kappa shape index (κ1) is 19.5. The number of hydrogen-bond acceptors (Lipinski definition) is 4. The highest BCUT2D eigenvalue weighted by Gasteiger charge is 2.27. The molecule has 1 saturated heterocycles. The van der Waals surface area contributed by atoms with Gasteiger partial charge in [0.15, 0.2) is 0 Å². The Balaban J connectivity index is 0.000000511. The van der Waals surface area contributed by atoms with Gasteiger partial charge in [-0.1, -0.05) is 39.0 Å². The summed E-state index contributed by atoms with van der Waals surface area (Å²) >= 11 is 0. The van der Waals surface area contributed by atoms with Crippen molar-refractivity contribution in [3.63, 3.8) is 0 Å². The predicted octanol–water partition coefficient (Wildman–Crippen LogP) is 4.00. The molecule has 25 heavy (non-hydrogen) atoms.